The van der Waals surface area contributed by atoms with Crippen molar-refractivity contribution in [1.82, 2.24) is 0 Å². The number of halogens is 3. The molecule has 0 unspecified atom stereocenters. The van der Waals surface area contributed by atoms with Crippen LogP contribution in [0.1, 0.15) is 27.0 Å². The first-order valence-electron chi connectivity index (χ1n) is 15.1. The van der Waals surface area contributed by atoms with Gasteiger partial charge < -0.3 is 38.3 Å². The maximum atomic E-state index is 13.6. The Morgan fingerprint density at radius 3 is 1.33 bits per heavy atom. The highest BCUT2D eigenvalue weighted by Crippen LogP contribution is 2.46. The summed E-state index contributed by atoms with van der Waals surface area (Å²) in [5, 5.41) is 12.1. The molecule has 270 valence electrons. The quantitative estimate of drug-likeness (QED) is 0.111. The summed E-state index contributed by atoms with van der Waals surface area (Å²) in [5.74, 6) is 2.34. The maximum Gasteiger partial charge on any atom is 0.337 e. The molecule has 0 saturated heterocycles. The maximum absolute atomic E-state index is 13.6. The van der Waals surface area contributed by atoms with Crippen LogP contribution < -0.4 is 28.4 Å². The number of hydrogen-bond donors (Lipinski definition) is 1. The van der Waals surface area contributed by atoms with Crippen LogP contribution in [0.25, 0.3) is 0 Å². The predicted octanol–water partition coefficient (Wildman–Crippen LogP) is 8.22. The first-order chi connectivity index (χ1) is 24.5. The third-order valence-corrected chi connectivity index (χ3v) is 8.14. The highest BCUT2D eigenvalue weighted by atomic mass is 79.9. The van der Waals surface area contributed by atoms with Crippen LogP contribution in [-0.4, -0.2) is 60.8 Å². The van der Waals surface area contributed by atoms with Gasteiger partial charge in [-0.1, -0.05) is 12.1 Å². The molecular formula is C39H39BrF2O9. The van der Waals surface area contributed by atoms with Crippen molar-refractivity contribution >= 4 is 21.9 Å². The zero-order chi connectivity index (χ0) is 37.6. The molecule has 0 amide bonds. The third-order valence-electron chi connectivity index (χ3n) is 7.48. The number of hydrogen-bond acceptors (Lipinski definition) is 9. The van der Waals surface area contributed by atoms with E-state index in [4.69, 9.17) is 28.4 Å². The smallest absolute Gasteiger partial charge is 0.337 e. The number of benzene rings is 5. The number of esters is 1. The molecule has 0 aliphatic carbocycles. The van der Waals surface area contributed by atoms with Crippen LogP contribution in [0.5, 0.6) is 34.5 Å². The minimum absolute atomic E-state index is 0.355. The summed E-state index contributed by atoms with van der Waals surface area (Å²) in [6, 6.07) is 26.7. The fraction of sp³-hybridized carbons (Fsp3) is 0.205. The molecule has 5 rings (SSSR count). The van der Waals surface area contributed by atoms with E-state index in [2.05, 4.69) is 20.7 Å². The molecule has 0 fully saturated rings. The van der Waals surface area contributed by atoms with Crippen molar-refractivity contribution in [3.63, 3.8) is 0 Å². The van der Waals surface area contributed by atoms with Gasteiger partial charge in [0.2, 0.25) is 0 Å². The van der Waals surface area contributed by atoms with Crippen LogP contribution in [0.3, 0.4) is 0 Å². The van der Waals surface area contributed by atoms with E-state index in [0.29, 0.717) is 45.3 Å². The van der Waals surface area contributed by atoms with E-state index in [1.165, 1.54) is 69.9 Å². The van der Waals surface area contributed by atoms with E-state index < -0.39 is 17.4 Å². The number of carbonyl (C=O) groups is 1. The summed E-state index contributed by atoms with van der Waals surface area (Å²) in [6.45, 7) is 0. The number of methoxy groups -OCH3 is 7. The highest BCUT2D eigenvalue weighted by molar-refractivity contribution is 9.10. The molecule has 0 aliphatic rings. The molecule has 0 aliphatic heterocycles. The molecular weight excluding hydrogens is 730 g/mol. The van der Waals surface area contributed by atoms with Crippen LogP contribution in [0.15, 0.2) is 108 Å². The monoisotopic (exact) mass is 768 g/mol. The Morgan fingerprint density at radius 2 is 0.941 bits per heavy atom. The van der Waals surface area contributed by atoms with Crippen LogP contribution >= 0.6 is 15.9 Å². The molecule has 0 heterocycles. The van der Waals surface area contributed by atoms with Crippen LogP contribution in [0, 0.1) is 11.6 Å². The van der Waals surface area contributed by atoms with Crippen molar-refractivity contribution in [1.29, 1.82) is 0 Å². The summed E-state index contributed by atoms with van der Waals surface area (Å²) < 4.78 is 63.0. The van der Waals surface area contributed by atoms with Crippen molar-refractivity contribution in [3.8, 4) is 34.5 Å². The predicted molar refractivity (Wildman–Crippen MR) is 193 cm³/mol. The van der Waals surface area contributed by atoms with E-state index >= 15 is 0 Å². The van der Waals surface area contributed by atoms with Gasteiger partial charge in [0.15, 0.2) is 0 Å². The van der Waals surface area contributed by atoms with Crippen LogP contribution in [0.4, 0.5) is 8.78 Å². The number of rotatable bonds is 10. The van der Waals surface area contributed by atoms with Gasteiger partial charge in [0.05, 0.1) is 59.8 Å². The summed E-state index contributed by atoms with van der Waals surface area (Å²) in [4.78, 5) is 10.8. The zero-order valence-electron chi connectivity index (χ0n) is 29.2. The first-order valence-corrected chi connectivity index (χ1v) is 15.9. The first kappa shape index (κ1) is 40.1. The number of ether oxygens (including phenoxy) is 7. The molecule has 0 radical (unpaired) electrons. The molecule has 51 heavy (non-hydrogen) atoms. The second kappa shape index (κ2) is 19.2. The van der Waals surface area contributed by atoms with Crippen molar-refractivity contribution in [2.24, 2.45) is 0 Å². The van der Waals surface area contributed by atoms with E-state index in [1.54, 1.807) is 64.8 Å². The van der Waals surface area contributed by atoms with Gasteiger partial charge >= 0.3 is 5.97 Å². The van der Waals surface area contributed by atoms with Crippen molar-refractivity contribution in [3.05, 3.63) is 141 Å². The fourth-order valence-electron chi connectivity index (χ4n) is 4.81. The minimum atomic E-state index is -1.69. The fourth-order valence-corrected chi connectivity index (χ4v) is 5.22. The van der Waals surface area contributed by atoms with Gasteiger partial charge in [-0.15, -0.1) is 0 Å². The number of carbonyl (C=O) groups excluding carboxylic acids is 1. The van der Waals surface area contributed by atoms with E-state index in [1.807, 2.05) is 18.2 Å². The molecule has 0 bridgehead atoms. The SMILES string of the molecule is COC(=O)c1ccc(F)cc1.COc1ccc(Br)c(OC)c1.COc1ccc(C(O)(c2ccc(F)cc2)c2ccc(OC)cc2OC)c(OC)c1. The van der Waals surface area contributed by atoms with Gasteiger partial charge in [-0.05, 0) is 94.3 Å². The lowest BCUT2D eigenvalue weighted by Gasteiger charge is -2.32. The largest absolute Gasteiger partial charge is 0.497 e. The second-order valence-corrected chi connectivity index (χ2v) is 11.2. The average Bonchev–Trinajstić information content (AvgIpc) is 3.17. The Bertz CT molecular complexity index is 1810. The number of aliphatic hydroxyl groups is 1. The lowest BCUT2D eigenvalue weighted by atomic mass is 9.79. The lowest BCUT2D eigenvalue weighted by Crippen LogP contribution is -2.30. The molecule has 9 nitrogen and oxygen atoms in total. The topological polar surface area (TPSA) is 102 Å². The van der Waals surface area contributed by atoms with Crippen LogP contribution in [-0.2, 0) is 10.3 Å². The Kier molecular flexibility index (Phi) is 15.1. The van der Waals surface area contributed by atoms with Crippen molar-refractivity contribution in [2.75, 3.05) is 49.8 Å². The molecule has 0 saturated carbocycles. The van der Waals surface area contributed by atoms with E-state index in [9.17, 15) is 18.7 Å². The van der Waals surface area contributed by atoms with Crippen LogP contribution in [0.2, 0.25) is 0 Å². The third kappa shape index (κ3) is 10.1. The molecule has 0 aromatic heterocycles. The van der Waals surface area contributed by atoms with Gasteiger partial charge in [0, 0.05) is 29.3 Å². The lowest BCUT2D eigenvalue weighted by molar-refractivity contribution is 0.0600. The molecule has 0 atom stereocenters. The second-order valence-electron chi connectivity index (χ2n) is 10.3. The standard InChI is InChI=1S/C23H23FO5.C8H9BrO2.C8H7FO2/c1-26-17-9-11-19(21(13-17)28-3)23(25,15-5-7-16(24)8-6-15)20-12-10-18(27-2)14-22(20)29-4;1-10-6-3-4-7(9)8(5-6)11-2;1-11-8(10)6-2-4-7(9)5-3-6/h5-14,25H,1-4H3;3-5H,1-2H3;2-5H,1H3. The molecule has 1 N–H and O–H groups in total. The minimum Gasteiger partial charge on any atom is -0.497 e. The molecule has 5 aromatic rings. The van der Waals surface area contributed by atoms with Gasteiger partial charge in [-0.25, -0.2) is 13.6 Å². The van der Waals surface area contributed by atoms with Gasteiger partial charge in [-0.3, -0.25) is 0 Å². The summed E-state index contributed by atoms with van der Waals surface area (Å²) in [5.41, 5.74) is 0.0228. The van der Waals surface area contributed by atoms with Gasteiger partial charge in [-0.2, -0.15) is 0 Å². The molecule has 0 spiro atoms. The van der Waals surface area contributed by atoms with E-state index in [-0.39, 0.29) is 5.82 Å². The Labute approximate surface area is 304 Å². The highest BCUT2D eigenvalue weighted by Gasteiger charge is 2.39. The van der Waals surface area contributed by atoms with Crippen molar-refractivity contribution < 1.29 is 51.8 Å². The normalized spacial score (nSPS) is 10.3. The molecule has 12 heteroatoms. The van der Waals surface area contributed by atoms with Crippen molar-refractivity contribution in [2.45, 2.75) is 5.60 Å². The van der Waals surface area contributed by atoms with Gasteiger partial charge in [0.25, 0.3) is 0 Å². The summed E-state index contributed by atoms with van der Waals surface area (Å²) >= 11 is 3.34. The van der Waals surface area contributed by atoms with E-state index in [0.717, 1.165) is 16.0 Å². The summed E-state index contributed by atoms with van der Waals surface area (Å²) in [6.07, 6.45) is 0. The average molecular weight is 770 g/mol. The Balaban J connectivity index is 0.000000260. The Morgan fingerprint density at radius 1 is 0.549 bits per heavy atom. The zero-order valence-corrected chi connectivity index (χ0v) is 30.7. The Hall–Kier alpha value is -5.33. The van der Waals surface area contributed by atoms with Gasteiger partial charge in [0.1, 0.15) is 51.7 Å². The molecule has 5 aromatic carbocycles. The summed E-state index contributed by atoms with van der Waals surface area (Å²) in [7, 11) is 10.7.